The summed E-state index contributed by atoms with van der Waals surface area (Å²) in [5, 5.41) is 7.02. The summed E-state index contributed by atoms with van der Waals surface area (Å²) in [6.07, 6.45) is 7.45. The van der Waals surface area contributed by atoms with Gasteiger partial charge in [-0.3, -0.25) is 4.99 Å². The van der Waals surface area contributed by atoms with E-state index in [2.05, 4.69) is 47.9 Å². The van der Waals surface area contributed by atoms with Gasteiger partial charge < -0.3 is 20.1 Å². The van der Waals surface area contributed by atoms with Gasteiger partial charge in [-0.15, -0.1) is 24.0 Å². The summed E-state index contributed by atoms with van der Waals surface area (Å²) in [6.45, 7) is 6.45. The van der Waals surface area contributed by atoms with Crippen LogP contribution in [0.3, 0.4) is 0 Å². The zero-order chi connectivity index (χ0) is 19.7. The average Bonchev–Trinajstić information content (AvgIpc) is 2.71. The molecule has 0 aromatic heterocycles. The molecule has 1 aromatic rings. The largest absolute Gasteiger partial charge is 0.385 e. The van der Waals surface area contributed by atoms with Crippen LogP contribution in [-0.4, -0.2) is 45.9 Å². The number of ether oxygens (including phenoxy) is 2. The Bertz CT molecular complexity index is 607. The summed E-state index contributed by atoms with van der Waals surface area (Å²) >= 11 is 0. The second kappa shape index (κ2) is 12.7. The van der Waals surface area contributed by atoms with Crippen molar-refractivity contribution in [2.24, 2.45) is 16.3 Å². The van der Waals surface area contributed by atoms with Crippen LogP contribution in [0.1, 0.15) is 57.1 Å². The third-order valence-corrected chi connectivity index (χ3v) is 6.27. The van der Waals surface area contributed by atoms with Crippen molar-refractivity contribution >= 4 is 29.9 Å². The van der Waals surface area contributed by atoms with Crippen molar-refractivity contribution < 1.29 is 9.47 Å². The van der Waals surface area contributed by atoms with Gasteiger partial charge in [-0.2, -0.15) is 0 Å². The maximum atomic E-state index is 6.14. The van der Waals surface area contributed by atoms with E-state index < -0.39 is 0 Å². The maximum absolute atomic E-state index is 6.14. The molecule has 29 heavy (non-hydrogen) atoms. The first-order valence-electron chi connectivity index (χ1n) is 10.9. The topological polar surface area (TPSA) is 54.9 Å². The number of guanidine groups is 1. The normalized spacial score (nSPS) is 23.6. The van der Waals surface area contributed by atoms with Gasteiger partial charge >= 0.3 is 0 Å². The highest BCUT2D eigenvalue weighted by molar-refractivity contribution is 14.0. The van der Waals surface area contributed by atoms with Crippen LogP contribution in [-0.2, 0) is 9.47 Å². The van der Waals surface area contributed by atoms with Crippen molar-refractivity contribution in [2.75, 3.05) is 40.0 Å². The van der Waals surface area contributed by atoms with E-state index in [9.17, 15) is 0 Å². The predicted octanol–water partition coefficient (Wildman–Crippen LogP) is 4.53. The minimum absolute atomic E-state index is 0. The molecule has 164 valence electrons. The lowest BCUT2D eigenvalue weighted by molar-refractivity contribution is -0.0265. The van der Waals surface area contributed by atoms with Gasteiger partial charge in [-0.25, -0.2) is 0 Å². The summed E-state index contributed by atoms with van der Waals surface area (Å²) in [5.41, 5.74) is 1.63. The summed E-state index contributed by atoms with van der Waals surface area (Å²) in [5.74, 6) is 1.40. The highest BCUT2D eigenvalue weighted by atomic mass is 127. The number of nitrogens with zero attached hydrogens (tertiary/aromatic N) is 1. The molecule has 1 aromatic carbocycles. The summed E-state index contributed by atoms with van der Waals surface area (Å²) in [6, 6.07) is 10.6. The number of methoxy groups -OCH3 is 1. The van der Waals surface area contributed by atoms with Crippen molar-refractivity contribution in [1.29, 1.82) is 0 Å². The van der Waals surface area contributed by atoms with Crippen LogP contribution in [0.5, 0.6) is 0 Å². The molecule has 1 heterocycles. The first-order chi connectivity index (χ1) is 13.8. The molecule has 5 nitrogen and oxygen atoms in total. The molecule has 1 aliphatic carbocycles. The van der Waals surface area contributed by atoms with Crippen molar-refractivity contribution in [3.8, 4) is 0 Å². The number of benzene rings is 1. The molecule has 1 saturated heterocycles. The van der Waals surface area contributed by atoms with E-state index in [0.717, 1.165) is 51.6 Å². The number of rotatable bonds is 9. The van der Waals surface area contributed by atoms with Crippen LogP contribution in [0.2, 0.25) is 0 Å². The molecule has 6 heteroatoms. The number of nitrogens with one attached hydrogen (secondary N) is 2. The Morgan fingerprint density at radius 2 is 2.00 bits per heavy atom. The zero-order valence-electron chi connectivity index (χ0n) is 18.0. The van der Waals surface area contributed by atoms with E-state index in [1.807, 2.05) is 0 Å². The van der Waals surface area contributed by atoms with E-state index in [1.54, 1.807) is 7.11 Å². The Balaban J connectivity index is 0.00000300. The molecule has 0 spiro atoms. The second-order valence-electron chi connectivity index (χ2n) is 8.28. The van der Waals surface area contributed by atoms with Crippen molar-refractivity contribution in [2.45, 2.75) is 51.6 Å². The van der Waals surface area contributed by atoms with Crippen LogP contribution >= 0.6 is 24.0 Å². The molecule has 1 saturated carbocycles. The first-order valence-corrected chi connectivity index (χ1v) is 10.9. The molecular weight excluding hydrogens is 477 g/mol. The minimum atomic E-state index is 0. The SMILES string of the molecule is CCNC(=NCC1(CCOC)CCC1)NCC1CCCOC1c1ccccc1.I. The van der Waals surface area contributed by atoms with E-state index >= 15 is 0 Å². The number of aliphatic imine (C=N–C) groups is 1. The Labute approximate surface area is 193 Å². The van der Waals surface area contributed by atoms with Gasteiger partial charge in [-0.1, -0.05) is 36.8 Å². The van der Waals surface area contributed by atoms with Gasteiger partial charge in [0.05, 0.1) is 6.10 Å². The van der Waals surface area contributed by atoms with Crippen LogP contribution < -0.4 is 10.6 Å². The van der Waals surface area contributed by atoms with Gasteiger partial charge in [-0.05, 0) is 50.0 Å². The Hall–Kier alpha value is -0.860. The predicted molar refractivity (Wildman–Crippen MR) is 130 cm³/mol. The quantitative estimate of drug-likeness (QED) is 0.288. The molecule has 2 aliphatic rings. The molecule has 3 rings (SSSR count). The molecular formula is C23H38IN3O2. The summed E-state index contributed by atoms with van der Waals surface area (Å²) in [4.78, 5) is 4.94. The highest BCUT2D eigenvalue weighted by Gasteiger charge is 2.36. The van der Waals surface area contributed by atoms with Gasteiger partial charge in [0.25, 0.3) is 0 Å². The van der Waals surface area contributed by atoms with Crippen LogP contribution in [0.25, 0.3) is 0 Å². The summed E-state index contributed by atoms with van der Waals surface area (Å²) < 4.78 is 11.5. The van der Waals surface area contributed by atoms with E-state index in [-0.39, 0.29) is 30.1 Å². The molecule has 0 radical (unpaired) electrons. The molecule has 2 unspecified atom stereocenters. The number of hydrogen-bond acceptors (Lipinski definition) is 3. The van der Waals surface area contributed by atoms with Gasteiger partial charge in [0, 0.05) is 45.9 Å². The van der Waals surface area contributed by atoms with Gasteiger partial charge in [0.2, 0.25) is 0 Å². The molecule has 2 atom stereocenters. The first kappa shape index (κ1) is 24.4. The van der Waals surface area contributed by atoms with Crippen molar-refractivity contribution in [1.82, 2.24) is 10.6 Å². The van der Waals surface area contributed by atoms with Gasteiger partial charge in [0.15, 0.2) is 5.96 Å². The standard InChI is InChI=1S/C23H37N3O2.HI/c1-3-24-22(26-18-23(12-8-13-23)14-16-27-2)25-17-20-11-7-15-28-21(20)19-9-5-4-6-10-19;/h4-6,9-10,20-21H,3,7-8,11-18H2,1-2H3,(H2,24,25,26);1H. The van der Waals surface area contributed by atoms with E-state index in [0.29, 0.717) is 11.3 Å². The summed E-state index contributed by atoms with van der Waals surface area (Å²) in [7, 11) is 1.79. The molecule has 0 bridgehead atoms. The minimum Gasteiger partial charge on any atom is -0.385 e. The fourth-order valence-electron chi connectivity index (χ4n) is 4.36. The number of hydrogen-bond donors (Lipinski definition) is 2. The zero-order valence-corrected chi connectivity index (χ0v) is 20.3. The number of halogens is 1. The second-order valence-corrected chi connectivity index (χ2v) is 8.28. The van der Waals surface area contributed by atoms with E-state index in [4.69, 9.17) is 14.5 Å². The van der Waals surface area contributed by atoms with Gasteiger partial charge in [0.1, 0.15) is 0 Å². The lowest BCUT2D eigenvalue weighted by atomic mass is 9.67. The molecule has 1 aliphatic heterocycles. The maximum Gasteiger partial charge on any atom is 0.191 e. The third kappa shape index (κ3) is 7.10. The lowest BCUT2D eigenvalue weighted by Crippen LogP contribution is -2.43. The lowest BCUT2D eigenvalue weighted by Gasteiger charge is -2.41. The fourth-order valence-corrected chi connectivity index (χ4v) is 4.36. The fraction of sp³-hybridized carbons (Fsp3) is 0.696. The average molecular weight is 515 g/mol. The Morgan fingerprint density at radius 3 is 2.66 bits per heavy atom. The Kier molecular flexibility index (Phi) is 10.7. The molecule has 2 fully saturated rings. The molecule has 2 N–H and O–H groups in total. The van der Waals surface area contributed by atoms with Crippen molar-refractivity contribution in [3.63, 3.8) is 0 Å². The monoisotopic (exact) mass is 515 g/mol. The van der Waals surface area contributed by atoms with Crippen LogP contribution in [0.4, 0.5) is 0 Å². The smallest absolute Gasteiger partial charge is 0.191 e. The Morgan fingerprint density at radius 1 is 1.21 bits per heavy atom. The van der Waals surface area contributed by atoms with Crippen LogP contribution in [0.15, 0.2) is 35.3 Å². The molecule has 0 amide bonds. The highest BCUT2D eigenvalue weighted by Crippen LogP contribution is 2.44. The van der Waals surface area contributed by atoms with E-state index in [1.165, 1.54) is 31.2 Å². The van der Waals surface area contributed by atoms with Crippen molar-refractivity contribution in [3.05, 3.63) is 35.9 Å². The third-order valence-electron chi connectivity index (χ3n) is 6.27. The van der Waals surface area contributed by atoms with Crippen LogP contribution in [0, 0.1) is 11.3 Å².